The summed E-state index contributed by atoms with van der Waals surface area (Å²) in [5.74, 6) is -0.210. The van der Waals surface area contributed by atoms with E-state index in [1.54, 1.807) is 6.92 Å². The number of nitrogens with zero attached hydrogens (tertiary/aromatic N) is 4. The Kier molecular flexibility index (Phi) is 5.11. The average Bonchev–Trinajstić information content (AvgIpc) is 3.13. The number of β-amino-alcohol motifs (C(OH)–C–C–N with tert-alkyl or cyclic N) is 1. The summed E-state index contributed by atoms with van der Waals surface area (Å²) >= 11 is 0. The van der Waals surface area contributed by atoms with Crippen LogP contribution in [0.5, 0.6) is 0 Å². The largest absolute Gasteiger partial charge is 0.392 e. The number of hydrogen-bond acceptors (Lipinski definition) is 6. The molecule has 2 atom stereocenters. The number of aliphatic hydroxyl groups excluding tert-OH is 1. The highest BCUT2D eigenvalue weighted by atomic mass is 16.3. The zero-order valence-electron chi connectivity index (χ0n) is 17.9. The van der Waals surface area contributed by atoms with E-state index in [9.17, 15) is 19.5 Å². The molecule has 0 bridgehead atoms. The van der Waals surface area contributed by atoms with Crippen LogP contribution in [0.25, 0.3) is 0 Å². The summed E-state index contributed by atoms with van der Waals surface area (Å²) in [6, 6.07) is 9.51. The minimum atomic E-state index is -0.734. The van der Waals surface area contributed by atoms with Gasteiger partial charge in [0.05, 0.1) is 18.7 Å². The number of rotatable bonds is 3. The first kappa shape index (κ1) is 20.6. The molecule has 4 fully saturated rings. The lowest BCUT2D eigenvalue weighted by Crippen LogP contribution is -2.82. The van der Waals surface area contributed by atoms with Gasteiger partial charge in [-0.05, 0) is 24.8 Å². The van der Waals surface area contributed by atoms with Crippen LogP contribution in [-0.4, -0.2) is 98.9 Å². The highest BCUT2D eigenvalue weighted by Gasteiger charge is 2.64. The van der Waals surface area contributed by atoms with E-state index in [0.717, 1.165) is 31.5 Å². The highest BCUT2D eigenvalue weighted by molar-refractivity contribution is 6.06. The van der Waals surface area contributed by atoms with Crippen LogP contribution in [-0.2, 0) is 20.9 Å². The van der Waals surface area contributed by atoms with Crippen molar-refractivity contribution in [2.24, 2.45) is 0 Å². The third-order valence-electron chi connectivity index (χ3n) is 7.56. The molecule has 0 radical (unpaired) electrons. The summed E-state index contributed by atoms with van der Waals surface area (Å²) in [6.45, 7) is 4.92. The number of likely N-dealkylation sites (tertiary alicyclic amines) is 2. The van der Waals surface area contributed by atoms with Crippen LogP contribution < -0.4 is 0 Å². The van der Waals surface area contributed by atoms with Gasteiger partial charge in [-0.1, -0.05) is 30.3 Å². The number of amides is 3. The van der Waals surface area contributed by atoms with E-state index in [0.29, 0.717) is 32.1 Å². The summed E-state index contributed by atoms with van der Waals surface area (Å²) in [5.41, 5.74) is 0.196. The van der Waals surface area contributed by atoms with E-state index < -0.39 is 17.7 Å². The Morgan fingerprint density at radius 3 is 2.45 bits per heavy atom. The summed E-state index contributed by atoms with van der Waals surface area (Å²) < 4.78 is 0. The quantitative estimate of drug-likeness (QED) is 0.688. The van der Waals surface area contributed by atoms with E-state index in [4.69, 9.17) is 0 Å². The second-order valence-corrected chi connectivity index (χ2v) is 9.45. The maximum Gasteiger partial charge on any atom is 0.252 e. The Bertz CT molecular complexity index is 877. The predicted octanol–water partition coefficient (Wildman–Crippen LogP) is 0.0559. The van der Waals surface area contributed by atoms with Crippen LogP contribution >= 0.6 is 0 Å². The molecule has 4 aliphatic heterocycles. The molecule has 0 aromatic heterocycles. The molecule has 4 heterocycles. The lowest BCUT2D eigenvalue weighted by Gasteiger charge is -2.60. The van der Waals surface area contributed by atoms with Crippen molar-refractivity contribution in [1.29, 1.82) is 0 Å². The molecule has 2 unspecified atom stereocenters. The van der Waals surface area contributed by atoms with Gasteiger partial charge in [0.2, 0.25) is 11.8 Å². The number of carbonyl (C=O) groups excluding carboxylic acids is 3. The Morgan fingerprint density at radius 2 is 1.81 bits per heavy atom. The second kappa shape index (κ2) is 7.69. The van der Waals surface area contributed by atoms with Crippen molar-refractivity contribution in [2.75, 3.05) is 32.7 Å². The van der Waals surface area contributed by atoms with E-state index >= 15 is 0 Å². The monoisotopic (exact) mass is 426 g/mol. The summed E-state index contributed by atoms with van der Waals surface area (Å²) in [5, 5.41) is 10.3. The molecule has 0 aliphatic carbocycles. The van der Waals surface area contributed by atoms with E-state index in [-0.39, 0.29) is 24.3 Å². The molecule has 5 rings (SSSR count). The van der Waals surface area contributed by atoms with Crippen molar-refractivity contribution in [1.82, 2.24) is 19.6 Å². The summed E-state index contributed by atoms with van der Waals surface area (Å²) in [4.78, 5) is 46.1. The standard InChI is InChI=1S/C23H30N4O4/c1-16(28)24-9-7-18(8-10-24)25-14-23(15-25)22(31)26(12-17-5-3-2-4-6-17)21(30)20-11-19(29)13-27(20)23/h2-6,18-20,29H,7-15H2,1H3. The Hall–Kier alpha value is -2.29. The van der Waals surface area contributed by atoms with E-state index in [1.165, 1.54) is 4.90 Å². The molecular formula is C23H30N4O4. The fraction of sp³-hybridized carbons (Fsp3) is 0.609. The minimum Gasteiger partial charge on any atom is -0.392 e. The first-order valence-corrected chi connectivity index (χ1v) is 11.2. The maximum atomic E-state index is 13.7. The average molecular weight is 427 g/mol. The molecule has 8 nitrogen and oxygen atoms in total. The summed E-state index contributed by atoms with van der Waals surface area (Å²) in [6.07, 6.45) is 1.62. The van der Waals surface area contributed by atoms with Gasteiger partial charge < -0.3 is 10.0 Å². The smallest absolute Gasteiger partial charge is 0.252 e. The van der Waals surface area contributed by atoms with Crippen LogP contribution in [0.2, 0.25) is 0 Å². The van der Waals surface area contributed by atoms with Crippen molar-refractivity contribution in [3.8, 4) is 0 Å². The summed E-state index contributed by atoms with van der Waals surface area (Å²) in [7, 11) is 0. The lowest BCUT2D eigenvalue weighted by molar-refractivity contribution is -0.184. The molecule has 4 saturated heterocycles. The van der Waals surface area contributed by atoms with Gasteiger partial charge in [0.1, 0.15) is 5.54 Å². The number of piperazine rings is 1. The van der Waals surface area contributed by atoms with Crippen LogP contribution in [0, 0.1) is 0 Å². The number of piperidine rings is 1. The molecule has 1 spiro atoms. The van der Waals surface area contributed by atoms with Gasteiger partial charge in [-0.3, -0.25) is 29.1 Å². The molecule has 1 aromatic rings. The van der Waals surface area contributed by atoms with Crippen molar-refractivity contribution >= 4 is 17.7 Å². The number of benzene rings is 1. The molecular weight excluding hydrogens is 396 g/mol. The molecule has 166 valence electrons. The highest BCUT2D eigenvalue weighted by Crippen LogP contribution is 2.42. The van der Waals surface area contributed by atoms with Gasteiger partial charge >= 0.3 is 0 Å². The molecule has 4 aliphatic rings. The fourth-order valence-electron chi connectivity index (χ4n) is 5.84. The third-order valence-corrected chi connectivity index (χ3v) is 7.56. The zero-order valence-corrected chi connectivity index (χ0v) is 17.9. The number of imide groups is 1. The predicted molar refractivity (Wildman–Crippen MR) is 113 cm³/mol. The third kappa shape index (κ3) is 3.37. The molecule has 0 saturated carbocycles. The van der Waals surface area contributed by atoms with Crippen LogP contribution in [0.15, 0.2) is 30.3 Å². The number of carbonyl (C=O) groups is 3. The Morgan fingerprint density at radius 1 is 1.13 bits per heavy atom. The number of aliphatic hydroxyl groups is 1. The van der Waals surface area contributed by atoms with Gasteiger partial charge in [-0.25, -0.2) is 0 Å². The Labute approximate surface area is 182 Å². The fourth-order valence-corrected chi connectivity index (χ4v) is 5.84. The van der Waals surface area contributed by atoms with Gasteiger partial charge in [-0.2, -0.15) is 0 Å². The maximum absolute atomic E-state index is 13.7. The molecule has 8 heteroatoms. The molecule has 3 amide bonds. The SMILES string of the molecule is CC(=O)N1CCC(N2CC3(C2)C(=O)N(Cc2ccccc2)C(=O)C2CC(O)CN23)CC1. The van der Waals surface area contributed by atoms with E-state index in [2.05, 4.69) is 4.90 Å². The van der Waals surface area contributed by atoms with Crippen molar-refractivity contribution in [2.45, 2.75) is 56.5 Å². The van der Waals surface area contributed by atoms with Crippen molar-refractivity contribution < 1.29 is 19.5 Å². The van der Waals surface area contributed by atoms with Crippen molar-refractivity contribution in [3.63, 3.8) is 0 Å². The number of hydrogen-bond donors (Lipinski definition) is 1. The van der Waals surface area contributed by atoms with Crippen LogP contribution in [0.3, 0.4) is 0 Å². The van der Waals surface area contributed by atoms with Crippen LogP contribution in [0.4, 0.5) is 0 Å². The number of fused-ring (bicyclic) bond motifs is 2. The molecule has 1 aromatic carbocycles. The first-order chi connectivity index (χ1) is 14.9. The molecule has 1 N–H and O–H groups in total. The van der Waals surface area contributed by atoms with Gasteiger partial charge in [0, 0.05) is 45.7 Å². The van der Waals surface area contributed by atoms with E-state index in [1.807, 2.05) is 40.1 Å². The zero-order chi connectivity index (χ0) is 21.8. The van der Waals surface area contributed by atoms with Gasteiger partial charge in [-0.15, -0.1) is 0 Å². The first-order valence-electron chi connectivity index (χ1n) is 11.2. The topological polar surface area (TPSA) is 84.4 Å². The van der Waals surface area contributed by atoms with Gasteiger partial charge in [0.25, 0.3) is 5.91 Å². The van der Waals surface area contributed by atoms with Crippen molar-refractivity contribution in [3.05, 3.63) is 35.9 Å². The minimum absolute atomic E-state index is 0.116. The molecule has 31 heavy (non-hydrogen) atoms. The Balaban J connectivity index is 1.34. The van der Waals surface area contributed by atoms with Gasteiger partial charge in [0.15, 0.2) is 0 Å². The normalized spacial score (nSPS) is 29.4. The lowest BCUT2D eigenvalue weighted by atomic mass is 9.80. The second-order valence-electron chi connectivity index (χ2n) is 9.45. The van der Waals surface area contributed by atoms with Crippen LogP contribution in [0.1, 0.15) is 31.7 Å².